The summed E-state index contributed by atoms with van der Waals surface area (Å²) in [6.45, 7) is 5.24. The van der Waals surface area contributed by atoms with E-state index in [0.717, 1.165) is 28.7 Å². The second-order valence-electron chi connectivity index (χ2n) is 7.54. The van der Waals surface area contributed by atoms with Crippen molar-refractivity contribution < 1.29 is 4.74 Å². The second-order valence-corrected chi connectivity index (χ2v) is 8.79. The van der Waals surface area contributed by atoms with Gasteiger partial charge in [0, 0.05) is 38.7 Å². The molecule has 0 saturated heterocycles. The molecule has 5 rings (SSSR count). The predicted molar refractivity (Wildman–Crippen MR) is 136 cm³/mol. The maximum atomic E-state index is 5.46. The number of methoxy groups -OCH3 is 1. The van der Waals surface area contributed by atoms with Crippen LogP contribution in [0.4, 0.5) is 0 Å². The number of rotatable bonds is 3. The Balaban J connectivity index is 0.00000218. The molecule has 5 heteroatoms. The van der Waals surface area contributed by atoms with Gasteiger partial charge < -0.3 is 9.30 Å². The van der Waals surface area contributed by atoms with E-state index in [1.165, 1.54) is 36.4 Å². The lowest BCUT2D eigenvalue weighted by atomic mass is 9.97. The Kier molecular flexibility index (Phi) is 5.64. The van der Waals surface area contributed by atoms with Crippen LogP contribution in [0.2, 0.25) is 0 Å². The third-order valence-corrected chi connectivity index (χ3v) is 6.50. The molecule has 0 aliphatic rings. The van der Waals surface area contributed by atoms with Crippen molar-refractivity contribution in [3.63, 3.8) is 0 Å². The van der Waals surface area contributed by atoms with Crippen LogP contribution in [0.3, 0.4) is 0 Å². The third-order valence-electron chi connectivity index (χ3n) is 5.78. The smallest absolute Gasteiger partial charge is 0.119 e. The fourth-order valence-corrected chi connectivity index (χ4v) is 4.58. The van der Waals surface area contributed by atoms with Crippen LogP contribution in [-0.2, 0) is 6.54 Å². The number of halogens is 2. The van der Waals surface area contributed by atoms with Crippen molar-refractivity contribution in [2.45, 2.75) is 20.4 Å². The van der Waals surface area contributed by atoms with Gasteiger partial charge in [0.05, 0.1) is 18.1 Å². The van der Waals surface area contributed by atoms with Crippen molar-refractivity contribution in [3.8, 4) is 5.75 Å². The highest BCUT2D eigenvalue weighted by atomic mass is 127. The molecule has 3 nitrogen and oxygen atoms in total. The summed E-state index contributed by atoms with van der Waals surface area (Å²) >= 11 is 2.34. The molecule has 0 aliphatic heterocycles. The summed E-state index contributed by atoms with van der Waals surface area (Å²) in [4.78, 5) is 4.94. The van der Waals surface area contributed by atoms with E-state index in [1.807, 2.05) is 6.07 Å². The van der Waals surface area contributed by atoms with Crippen LogP contribution >= 0.6 is 35.0 Å². The lowest BCUT2D eigenvalue weighted by Gasteiger charge is -2.13. The average molecular weight is 529 g/mol. The quantitative estimate of drug-likeness (QED) is 0.235. The first kappa shape index (κ1) is 20.9. The number of pyridine rings is 1. The van der Waals surface area contributed by atoms with Crippen LogP contribution in [-0.4, -0.2) is 16.7 Å². The van der Waals surface area contributed by atoms with Gasteiger partial charge in [-0.05, 0) is 94.9 Å². The number of fused-ring (bicyclic) bond motifs is 4. The van der Waals surface area contributed by atoms with Crippen molar-refractivity contribution in [2.75, 3.05) is 7.11 Å². The molecular formula is C25H22ClIN2O. The average Bonchev–Trinajstić information content (AvgIpc) is 3.12. The Morgan fingerprint density at radius 3 is 2.43 bits per heavy atom. The van der Waals surface area contributed by atoms with E-state index in [9.17, 15) is 0 Å². The topological polar surface area (TPSA) is 27.1 Å². The molecule has 0 saturated carbocycles. The summed E-state index contributed by atoms with van der Waals surface area (Å²) < 4.78 is 8.98. The van der Waals surface area contributed by atoms with Crippen molar-refractivity contribution in [2.24, 2.45) is 0 Å². The molecule has 30 heavy (non-hydrogen) atoms. The molecule has 3 aromatic carbocycles. The van der Waals surface area contributed by atoms with E-state index in [-0.39, 0.29) is 12.4 Å². The lowest BCUT2D eigenvalue weighted by Crippen LogP contribution is -2.01. The molecule has 152 valence electrons. The molecule has 0 spiro atoms. The summed E-state index contributed by atoms with van der Waals surface area (Å²) in [5.41, 5.74) is 5.92. The van der Waals surface area contributed by atoms with Crippen molar-refractivity contribution >= 4 is 67.6 Å². The molecule has 0 radical (unpaired) electrons. The monoisotopic (exact) mass is 528 g/mol. The first-order valence-electron chi connectivity index (χ1n) is 9.65. The van der Waals surface area contributed by atoms with Gasteiger partial charge in [-0.3, -0.25) is 0 Å². The maximum Gasteiger partial charge on any atom is 0.119 e. The molecule has 5 aromatic rings. The molecule has 0 amide bonds. The van der Waals surface area contributed by atoms with Gasteiger partial charge in [0.15, 0.2) is 0 Å². The highest BCUT2D eigenvalue weighted by Gasteiger charge is 2.16. The van der Waals surface area contributed by atoms with Crippen LogP contribution < -0.4 is 4.74 Å². The number of ether oxygens (including phenoxy) is 1. The zero-order chi connectivity index (χ0) is 20.1. The third kappa shape index (κ3) is 3.42. The minimum Gasteiger partial charge on any atom is -0.497 e. The van der Waals surface area contributed by atoms with Gasteiger partial charge >= 0.3 is 0 Å². The van der Waals surface area contributed by atoms with E-state index in [1.54, 1.807) is 7.11 Å². The number of nitrogens with zero attached hydrogens (tertiary/aromatic N) is 2. The zero-order valence-electron chi connectivity index (χ0n) is 17.1. The molecule has 0 unspecified atom stereocenters. The highest BCUT2D eigenvalue weighted by molar-refractivity contribution is 14.1. The molecule has 0 aliphatic carbocycles. The van der Waals surface area contributed by atoms with E-state index in [2.05, 4.69) is 95.9 Å². The van der Waals surface area contributed by atoms with Crippen LogP contribution in [0.1, 0.15) is 16.7 Å². The molecule has 0 bridgehead atoms. The Morgan fingerprint density at radius 1 is 0.933 bits per heavy atom. The number of aromatic nitrogens is 2. The van der Waals surface area contributed by atoms with Gasteiger partial charge in [-0.15, -0.1) is 12.4 Å². The van der Waals surface area contributed by atoms with Crippen LogP contribution in [0.25, 0.3) is 32.6 Å². The van der Waals surface area contributed by atoms with Gasteiger partial charge in [-0.1, -0.05) is 12.1 Å². The molecule has 0 N–H and O–H groups in total. The van der Waals surface area contributed by atoms with Crippen molar-refractivity contribution in [1.82, 2.24) is 9.55 Å². The fourth-order valence-electron chi connectivity index (χ4n) is 4.22. The van der Waals surface area contributed by atoms with Gasteiger partial charge in [0.2, 0.25) is 0 Å². The van der Waals surface area contributed by atoms with Crippen molar-refractivity contribution in [1.29, 1.82) is 0 Å². The number of benzene rings is 3. The molecular weight excluding hydrogens is 507 g/mol. The van der Waals surface area contributed by atoms with Crippen LogP contribution in [0.5, 0.6) is 5.75 Å². The molecule has 2 heterocycles. The van der Waals surface area contributed by atoms with E-state index >= 15 is 0 Å². The summed E-state index contributed by atoms with van der Waals surface area (Å²) in [6, 6.07) is 17.1. The van der Waals surface area contributed by atoms with Gasteiger partial charge in [-0.25, -0.2) is 4.98 Å². The lowest BCUT2D eigenvalue weighted by molar-refractivity contribution is 0.415. The summed E-state index contributed by atoms with van der Waals surface area (Å²) in [6.07, 6.45) is 4.44. The summed E-state index contributed by atoms with van der Waals surface area (Å²) in [5.74, 6) is 0.866. The van der Waals surface area contributed by atoms with Gasteiger partial charge in [-0.2, -0.15) is 0 Å². The Labute approximate surface area is 195 Å². The minimum atomic E-state index is 0. The van der Waals surface area contributed by atoms with E-state index in [0.29, 0.717) is 0 Å². The first-order chi connectivity index (χ1) is 14.0. The van der Waals surface area contributed by atoms with Crippen LogP contribution in [0, 0.1) is 17.4 Å². The highest BCUT2D eigenvalue weighted by Crippen LogP contribution is 2.37. The maximum absolute atomic E-state index is 5.46. The second kappa shape index (κ2) is 8.08. The summed E-state index contributed by atoms with van der Waals surface area (Å²) in [5, 5.41) is 4.94. The molecule has 0 fully saturated rings. The normalized spacial score (nSPS) is 11.2. The van der Waals surface area contributed by atoms with Gasteiger partial charge in [0.25, 0.3) is 0 Å². The Bertz CT molecular complexity index is 1390. The number of hydrogen-bond donors (Lipinski definition) is 0. The van der Waals surface area contributed by atoms with E-state index in [4.69, 9.17) is 9.72 Å². The number of aryl methyl sites for hydroxylation is 2. The first-order valence-corrected chi connectivity index (χ1v) is 10.7. The van der Waals surface area contributed by atoms with Gasteiger partial charge in [0.1, 0.15) is 5.75 Å². The standard InChI is InChI=1S/C25H21IN2O.ClH/c1-15-22-14-28(13-17-4-6-18(26)7-5-17)11-10-20(22)16(2)25-24(15)21-12-19(29-3)8-9-23(21)27-25;/h4-12,14H,13H2,1-3H3;1H. The zero-order valence-corrected chi connectivity index (χ0v) is 20.0. The summed E-state index contributed by atoms with van der Waals surface area (Å²) in [7, 11) is 1.71. The molecule has 2 aromatic heterocycles. The minimum absolute atomic E-state index is 0. The predicted octanol–water partition coefficient (Wildman–Crippen LogP) is 7.04. The van der Waals surface area contributed by atoms with E-state index < -0.39 is 0 Å². The fraction of sp³-hybridized carbons (Fsp3) is 0.160. The Morgan fingerprint density at radius 2 is 1.70 bits per heavy atom. The van der Waals surface area contributed by atoms with Crippen molar-refractivity contribution in [3.05, 3.63) is 81.2 Å². The number of hydrogen-bond acceptors (Lipinski definition) is 2. The Hall–Kier alpha value is -2.31. The molecule has 0 atom stereocenters. The SMILES string of the molecule is COc1ccc2nc3c(C)c4ccn(Cc5ccc(I)cc5)cc4c(C)c3c2c1.Cl. The largest absolute Gasteiger partial charge is 0.497 e. The van der Waals surface area contributed by atoms with Crippen LogP contribution in [0.15, 0.2) is 60.9 Å².